The number of amidine groups is 1. The van der Waals surface area contributed by atoms with Crippen LogP contribution in [0.2, 0.25) is 5.02 Å². The summed E-state index contributed by atoms with van der Waals surface area (Å²) in [5, 5.41) is 0.116. The zero-order valence-corrected chi connectivity index (χ0v) is 14.5. The summed E-state index contributed by atoms with van der Waals surface area (Å²) in [5.41, 5.74) is -4.74. The van der Waals surface area contributed by atoms with Gasteiger partial charge in [-0.25, -0.2) is 4.99 Å². The number of benzene rings is 1. The highest BCUT2D eigenvalue weighted by Crippen LogP contribution is 2.49. The van der Waals surface area contributed by atoms with Gasteiger partial charge in [-0.3, -0.25) is 0 Å². The summed E-state index contributed by atoms with van der Waals surface area (Å²) in [7, 11) is 0. The molecule has 0 aliphatic carbocycles. The summed E-state index contributed by atoms with van der Waals surface area (Å²) in [5.74, 6) is -0.831. The summed E-state index contributed by atoms with van der Waals surface area (Å²) in [6, 6.07) is 4.50. The van der Waals surface area contributed by atoms with Crippen LogP contribution in [0.1, 0.15) is 24.8 Å². The monoisotopic (exact) mass is 413 g/mol. The molecule has 4 nitrogen and oxygen atoms in total. The second-order valence-electron chi connectivity index (χ2n) is 6.14. The van der Waals surface area contributed by atoms with Crippen LogP contribution in [0, 0.1) is 0 Å². The fourth-order valence-electron chi connectivity index (χ4n) is 2.82. The van der Waals surface area contributed by atoms with Crippen LogP contribution in [0.4, 0.5) is 26.3 Å². The fraction of sp³-hybridized carbons (Fsp3) is 0.500. The minimum Gasteiger partial charge on any atom is -0.406 e. The third kappa shape index (κ3) is 3.71. The first-order valence-electron chi connectivity index (χ1n) is 8.05. The molecule has 2 heterocycles. The molecule has 1 aromatic rings. The molecule has 2 aliphatic heterocycles. The average molecular weight is 414 g/mol. The fourth-order valence-corrected chi connectivity index (χ4v) is 3.01. The van der Waals surface area contributed by atoms with Crippen molar-refractivity contribution in [3.05, 3.63) is 34.9 Å². The zero-order chi connectivity index (χ0) is 19.9. The number of aliphatic imine (C=N–C) groups is 2. The molecule has 0 N–H and O–H groups in total. The van der Waals surface area contributed by atoms with E-state index in [0.29, 0.717) is 12.8 Å². The average Bonchev–Trinajstić information content (AvgIpc) is 2.60. The van der Waals surface area contributed by atoms with E-state index in [1.807, 2.05) is 0 Å². The van der Waals surface area contributed by atoms with Crippen molar-refractivity contribution in [3.63, 3.8) is 0 Å². The lowest BCUT2D eigenvalue weighted by molar-refractivity contribution is -0.293. The van der Waals surface area contributed by atoms with Gasteiger partial charge in [0.25, 0.3) is 6.02 Å². The predicted molar refractivity (Wildman–Crippen MR) is 86.8 cm³/mol. The number of ether oxygens (including phenoxy) is 1. The Hall–Kier alpha value is -1.97. The Morgan fingerprint density at radius 3 is 2.15 bits per heavy atom. The van der Waals surface area contributed by atoms with E-state index in [1.165, 1.54) is 29.2 Å². The summed E-state index contributed by atoms with van der Waals surface area (Å²) >= 11 is 5.80. The van der Waals surface area contributed by atoms with Crippen molar-refractivity contribution in [3.8, 4) is 0 Å². The second-order valence-corrected chi connectivity index (χ2v) is 6.58. The van der Waals surface area contributed by atoms with E-state index in [4.69, 9.17) is 16.3 Å². The Balaban J connectivity index is 2.16. The summed E-state index contributed by atoms with van der Waals surface area (Å²) in [4.78, 5) is 7.08. The summed E-state index contributed by atoms with van der Waals surface area (Å²) in [6.07, 6.45) is -9.57. The molecule has 1 fully saturated rings. The van der Waals surface area contributed by atoms with Gasteiger partial charge in [-0.05, 0) is 37.5 Å². The molecule has 0 aromatic heterocycles. The van der Waals surface area contributed by atoms with Gasteiger partial charge in [-0.2, -0.15) is 31.3 Å². The van der Waals surface area contributed by atoms with E-state index >= 15 is 0 Å². The largest absolute Gasteiger partial charge is 0.443 e. The van der Waals surface area contributed by atoms with Crippen LogP contribution in [-0.4, -0.2) is 47.9 Å². The normalized spacial score (nSPS) is 20.6. The summed E-state index contributed by atoms with van der Waals surface area (Å²) < 4.78 is 86.7. The lowest BCUT2D eigenvalue weighted by atomic mass is 10.1. The molecule has 1 saturated heterocycles. The van der Waals surface area contributed by atoms with Crippen LogP contribution in [0.25, 0.3) is 0 Å². The highest BCUT2D eigenvalue weighted by Gasteiger charge is 2.74. The molecule has 0 radical (unpaired) electrons. The Bertz CT molecular complexity index is 754. The first kappa shape index (κ1) is 19.8. The van der Waals surface area contributed by atoms with Gasteiger partial charge in [0.05, 0.1) is 0 Å². The Labute approximate surface area is 155 Å². The van der Waals surface area contributed by atoms with Crippen LogP contribution < -0.4 is 0 Å². The van der Waals surface area contributed by atoms with Crippen molar-refractivity contribution in [2.75, 3.05) is 13.1 Å². The van der Waals surface area contributed by atoms with E-state index in [2.05, 4.69) is 9.98 Å². The molecular weight excluding hydrogens is 400 g/mol. The number of nitrogens with zero attached hydrogens (tertiary/aromatic N) is 3. The number of halogens is 7. The molecule has 0 unspecified atom stereocenters. The van der Waals surface area contributed by atoms with Gasteiger partial charge in [-0.1, -0.05) is 17.7 Å². The number of piperidine rings is 1. The van der Waals surface area contributed by atoms with Gasteiger partial charge in [-0.15, -0.1) is 0 Å². The van der Waals surface area contributed by atoms with Gasteiger partial charge in [0, 0.05) is 23.7 Å². The zero-order valence-electron chi connectivity index (χ0n) is 13.7. The molecule has 0 amide bonds. The van der Waals surface area contributed by atoms with Crippen molar-refractivity contribution >= 4 is 23.5 Å². The molecule has 1 aromatic carbocycles. The van der Waals surface area contributed by atoms with E-state index in [0.717, 1.165) is 6.42 Å². The van der Waals surface area contributed by atoms with Crippen molar-refractivity contribution in [2.24, 2.45) is 9.98 Å². The van der Waals surface area contributed by atoms with E-state index in [1.54, 1.807) is 0 Å². The first-order valence-corrected chi connectivity index (χ1v) is 8.43. The highest BCUT2D eigenvalue weighted by atomic mass is 35.5. The number of hydrogen-bond acceptors (Lipinski definition) is 4. The number of likely N-dealkylation sites (tertiary alicyclic amines) is 1. The van der Waals surface area contributed by atoms with Crippen molar-refractivity contribution in [1.29, 1.82) is 0 Å². The molecule has 3 rings (SSSR count). The van der Waals surface area contributed by atoms with E-state index in [-0.39, 0.29) is 23.7 Å². The smallest absolute Gasteiger partial charge is 0.406 e. The third-order valence-corrected chi connectivity index (χ3v) is 4.43. The van der Waals surface area contributed by atoms with E-state index in [9.17, 15) is 26.3 Å². The molecule has 0 saturated carbocycles. The van der Waals surface area contributed by atoms with Crippen molar-refractivity contribution < 1.29 is 31.1 Å². The maximum Gasteiger partial charge on any atom is 0.443 e. The van der Waals surface area contributed by atoms with Gasteiger partial charge in [0.15, 0.2) is 0 Å². The number of alkyl halides is 6. The third-order valence-electron chi connectivity index (χ3n) is 4.20. The topological polar surface area (TPSA) is 37.2 Å². The minimum absolute atomic E-state index is 0.107. The van der Waals surface area contributed by atoms with Crippen LogP contribution in [0.3, 0.4) is 0 Å². The van der Waals surface area contributed by atoms with Crippen molar-refractivity contribution in [1.82, 2.24) is 4.90 Å². The standard InChI is InChI=1S/C16H14ClF6N3O/c17-11-6-4-5-10(9-11)12-24-14(15(18,19)20,16(21,22)23)25-13(27-12)26-7-2-1-3-8-26/h4-6,9H,1-3,7-8H2. The Morgan fingerprint density at radius 1 is 0.963 bits per heavy atom. The highest BCUT2D eigenvalue weighted by molar-refractivity contribution is 6.31. The van der Waals surface area contributed by atoms with Gasteiger partial charge < -0.3 is 9.64 Å². The van der Waals surface area contributed by atoms with Gasteiger partial charge in [0.2, 0.25) is 5.90 Å². The maximum absolute atomic E-state index is 13.6. The molecule has 0 spiro atoms. The van der Waals surface area contributed by atoms with Gasteiger partial charge in [0.1, 0.15) is 0 Å². The molecule has 11 heteroatoms. The predicted octanol–water partition coefficient (Wildman–Crippen LogP) is 4.78. The molecule has 2 aliphatic rings. The molecule has 27 heavy (non-hydrogen) atoms. The first-order chi connectivity index (χ1) is 12.5. The van der Waals surface area contributed by atoms with Crippen LogP contribution in [-0.2, 0) is 4.74 Å². The minimum atomic E-state index is -5.81. The second kappa shape index (κ2) is 6.88. The molecular formula is C16H14ClF6N3O. The van der Waals surface area contributed by atoms with Crippen LogP contribution >= 0.6 is 11.6 Å². The quantitative estimate of drug-likeness (QED) is 0.621. The van der Waals surface area contributed by atoms with Gasteiger partial charge >= 0.3 is 18.0 Å². The van der Waals surface area contributed by atoms with Crippen molar-refractivity contribution in [2.45, 2.75) is 37.3 Å². The van der Waals surface area contributed by atoms with Crippen LogP contribution in [0.5, 0.6) is 0 Å². The van der Waals surface area contributed by atoms with E-state index < -0.39 is 29.9 Å². The summed E-state index contributed by atoms with van der Waals surface area (Å²) in [6.45, 7) is 0.487. The Kier molecular flexibility index (Phi) is 5.04. The molecule has 148 valence electrons. The Morgan fingerprint density at radius 2 is 1.59 bits per heavy atom. The SMILES string of the molecule is FC(F)(F)C1(C(F)(F)F)N=C(c2cccc(Cl)c2)OC(N2CCCCC2)=N1. The molecule has 0 bridgehead atoms. The number of rotatable bonds is 1. The number of hydrogen-bond donors (Lipinski definition) is 0. The lowest BCUT2D eigenvalue weighted by Gasteiger charge is -2.37. The van der Waals surface area contributed by atoms with Crippen LogP contribution in [0.15, 0.2) is 34.3 Å². The lowest BCUT2D eigenvalue weighted by Crippen LogP contribution is -2.58. The molecule has 0 atom stereocenters. The maximum atomic E-state index is 13.6.